The van der Waals surface area contributed by atoms with Gasteiger partial charge in [0.25, 0.3) is 0 Å². The highest BCUT2D eigenvalue weighted by Gasteiger charge is 2.22. The highest BCUT2D eigenvalue weighted by Crippen LogP contribution is 2.38. The van der Waals surface area contributed by atoms with Crippen LogP contribution in [-0.4, -0.2) is 30.9 Å². The summed E-state index contributed by atoms with van der Waals surface area (Å²) in [6.45, 7) is 0. The standard InChI is InChI=1S/C23H21BN2O2/c1-28-23(27)20-12-17-18(25-20)10-11-19-21(17)15-4-2-3-5-16(15)22(26-19)13-6-8-14(24)9-7-13/h6-12,25H,2-5,24H2,1H3. The number of aromatic amines is 1. The van der Waals surface area contributed by atoms with Crippen molar-refractivity contribution >= 4 is 41.1 Å². The third-order valence-corrected chi connectivity index (χ3v) is 5.80. The maximum absolute atomic E-state index is 12.0. The van der Waals surface area contributed by atoms with Crippen LogP contribution in [0.5, 0.6) is 0 Å². The van der Waals surface area contributed by atoms with Gasteiger partial charge in [-0.15, -0.1) is 0 Å². The van der Waals surface area contributed by atoms with E-state index in [4.69, 9.17) is 9.72 Å². The predicted octanol–water partition coefficient (Wildman–Crippen LogP) is 3.31. The van der Waals surface area contributed by atoms with Gasteiger partial charge in [0, 0.05) is 21.9 Å². The Labute approximate surface area is 164 Å². The summed E-state index contributed by atoms with van der Waals surface area (Å²) in [5.41, 5.74) is 8.69. The van der Waals surface area contributed by atoms with Crippen molar-refractivity contribution in [3.63, 3.8) is 0 Å². The molecule has 2 heterocycles. The normalized spacial score (nSPS) is 13.6. The van der Waals surface area contributed by atoms with Gasteiger partial charge in [-0.1, -0.05) is 29.7 Å². The summed E-state index contributed by atoms with van der Waals surface area (Å²) in [7, 11) is 3.51. The van der Waals surface area contributed by atoms with Crippen LogP contribution in [0.15, 0.2) is 42.5 Å². The molecule has 0 amide bonds. The quantitative estimate of drug-likeness (QED) is 0.436. The molecule has 0 saturated heterocycles. The summed E-state index contributed by atoms with van der Waals surface area (Å²) >= 11 is 0. The molecule has 1 aliphatic carbocycles. The number of hydrogen-bond acceptors (Lipinski definition) is 3. The fourth-order valence-corrected chi connectivity index (χ4v) is 4.40. The highest BCUT2D eigenvalue weighted by atomic mass is 16.5. The molecule has 0 aliphatic heterocycles. The van der Waals surface area contributed by atoms with Crippen LogP contribution in [0.1, 0.15) is 34.5 Å². The smallest absolute Gasteiger partial charge is 0.354 e. The van der Waals surface area contributed by atoms with Gasteiger partial charge in [-0.25, -0.2) is 9.78 Å². The van der Waals surface area contributed by atoms with E-state index in [9.17, 15) is 4.79 Å². The molecule has 28 heavy (non-hydrogen) atoms. The fourth-order valence-electron chi connectivity index (χ4n) is 4.40. The number of fused-ring (bicyclic) bond motifs is 5. The first kappa shape index (κ1) is 17.1. The zero-order valence-electron chi connectivity index (χ0n) is 16.1. The average molecular weight is 368 g/mol. The number of carbonyl (C=O) groups is 1. The van der Waals surface area contributed by atoms with Gasteiger partial charge in [-0.2, -0.15) is 0 Å². The zero-order chi connectivity index (χ0) is 19.3. The van der Waals surface area contributed by atoms with Gasteiger partial charge in [0.2, 0.25) is 0 Å². The minimum Gasteiger partial charge on any atom is -0.464 e. The average Bonchev–Trinajstić information content (AvgIpc) is 3.17. The van der Waals surface area contributed by atoms with E-state index in [1.165, 1.54) is 47.5 Å². The molecule has 0 spiro atoms. The Hall–Kier alpha value is -3.08. The maximum Gasteiger partial charge on any atom is 0.354 e. The molecule has 0 unspecified atom stereocenters. The number of pyridine rings is 1. The van der Waals surface area contributed by atoms with E-state index in [0.717, 1.165) is 35.0 Å². The molecule has 138 valence electrons. The Morgan fingerprint density at radius 3 is 2.57 bits per heavy atom. The number of nitrogens with one attached hydrogen (secondary N) is 1. The van der Waals surface area contributed by atoms with E-state index < -0.39 is 0 Å². The number of ether oxygens (including phenoxy) is 1. The maximum atomic E-state index is 12.0. The molecule has 1 aliphatic rings. The van der Waals surface area contributed by atoms with Crippen LogP contribution in [0.2, 0.25) is 0 Å². The molecule has 5 rings (SSSR count). The largest absolute Gasteiger partial charge is 0.464 e. The van der Waals surface area contributed by atoms with Crippen molar-refractivity contribution in [1.82, 2.24) is 9.97 Å². The van der Waals surface area contributed by atoms with Gasteiger partial charge < -0.3 is 9.72 Å². The van der Waals surface area contributed by atoms with Gasteiger partial charge in [-0.3, -0.25) is 0 Å². The first-order chi connectivity index (χ1) is 13.7. The molecule has 2 aromatic carbocycles. The van der Waals surface area contributed by atoms with Crippen molar-refractivity contribution in [2.24, 2.45) is 0 Å². The molecule has 5 heteroatoms. The lowest BCUT2D eigenvalue weighted by Crippen LogP contribution is -2.08. The zero-order valence-corrected chi connectivity index (χ0v) is 16.1. The van der Waals surface area contributed by atoms with Gasteiger partial charge >= 0.3 is 5.97 Å². The number of aryl methyl sites for hydroxylation is 1. The van der Waals surface area contributed by atoms with E-state index in [-0.39, 0.29) is 5.97 Å². The molecule has 0 radical (unpaired) electrons. The van der Waals surface area contributed by atoms with Crippen LogP contribution >= 0.6 is 0 Å². The number of H-pyrrole nitrogens is 1. The summed E-state index contributed by atoms with van der Waals surface area (Å²) < 4.78 is 4.89. The second-order valence-corrected chi connectivity index (χ2v) is 7.59. The van der Waals surface area contributed by atoms with Crippen molar-refractivity contribution < 1.29 is 9.53 Å². The summed E-state index contributed by atoms with van der Waals surface area (Å²) in [4.78, 5) is 20.3. The van der Waals surface area contributed by atoms with Gasteiger partial charge in [0.1, 0.15) is 13.5 Å². The van der Waals surface area contributed by atoms with Gasteiger partial charge in [0.15, 0.2) is 0 Å². The van der Waals surface area contributed by atoms with Crippen LogP contribution in [0.4, 0.5) is 0 Å². The molecule has 4 aromatic rings. The number of aromatic nitrogens is 2. The monoisotopic (exact) mass is 368 g/mol. The van der Waals surface area contributed by atoms with Crippen molar-refractivity contribution in [2.75, 3.05) is 7.11 Å². The first-order valence-electron chi connectivity index (χ1n) is 9.78. The van der Waals surface area contributed by atoms with E-state index >= 15 is 0 Å². The highest BCUT2D eigenvalue weighted by molar-refractivity contribution is 6.32. The third kappa shape index (κ3) is 2.61. The molecule has 0 atom stereocenters. The van der Waals surface area contributed by atoms with Crippen molar-refractivity contribution in [3.8, 4) is 11.3 Å². The minimum absolute atomic E-state index is 0.345. The van der Waals surface area contributed by atoms with E-state index in [0.29, 0.717) is 5.69 Å². The first-order valence-corrected chi connectivity index (χ1v) is 9.78. The van der Waals surface area contributed by atoms with Gasteiger partial charge in [0.05, 0.1) is 18.3 Å². The number of esters is 1. The number of benzene rings is 2. The molecule has 0 bridgehead atoms. The second kappa shape index (κ2) is 6.52. The Morgan fingerprint density at radius 1 is 1.07 bits per heavy atom. The van der Waals surface area contributed by atoms with Crippen LogP contribution < -0.4 is 5.46 Å². The molecule has 4 nitrogen and oxygen atoms in total. The van der Waals surface area contributed by atoms with E-state index in [1.807, 2.05) is 12.1 Å². The molecule has 1 N–H and O–H groups in total. The van der Waals surface area contributed by atoms with Crippen molar-refractivity contribution in [3.05, 3.63) is 59.3 Å². The number of hydrogen-bond donors (Lipinski definition) is 1. The fraction of sp³-hybridized carbons (Fsp3) is 0.217. The SMILES string of the molecule is Bc1ccc(-c2nc3ccc4[nH]c(C(=O)OC)cc4c3c3c2CCCC3)cc1. The van der Waals surface area contributed by atoms with Crippen LogP contribution in [0.25, 0.3) is 33.1 Å². The number of nitrogens with zero attached hydrogens (tertiary/aromatic N) is 1. The summed E-state index contributed by atoms with van der Waals surface area (Å²) in [6.07, 6.45) is 4.47. The predicted molar refractivity (Wildman–Crippen MR) is 115 cm³/mol. The molecule has 0 fully saturated rings. The molecule has 2 aromatic heterocycles. The second-order valence-electron chi connectivity index (χ2n) is 7.59. The number of rotatable bonds is 2. The van der Waals surface area contributed by atoms with E-state index in [2.05, 4.69) is 43.2 Å². The number of carbonyl (C=O) groups excluding carboxylic acids is 1. The van der Waals surface area contributed by atoms with E-state index in [1.54, 1.807) is 0 Å². The van der Waals surface area contributed by atoms with Crippen LogP contribution in [0, 0.1) is 0 Å². The lowest BCUT2D eigenvalue weighted by atomic mass is 9.85. The molecular weight excluding hydrogens is 347 g/mol. The molecule has 0 saturated carbocycles. The lowest BCUT2D eigenvalue weighted by molar-refractivity contribution is 0.0595. The lowest BCUT2D eigenvalue weighted by Gasteiger charge is -2.22. The van der Waals surface area contributed by atoms with Crippen molar-refractivity contribution in [2.45, 2.75) is 25.7 Å². The summed E-state index contributed by atoms with van der Waals surface area (Å²) in [6, 6.07) is 14.6. The molecular formula is C23H21BN2O2. The Morgan fingerprint density at radius 2 is 1.82 bits per heavy atom. The minimum atomic E-state index is -0.345. The number of methoxy groups -OCH3 is 1. The third-order valence-electron chi connectivity index (χ3n) is 5.80. The Kier molecular flexibility index (Phi) is 3.97. The topological polar surface area (TPSA) is 55.0 Å². The Bertz CT molecular complexity index is 1230. The van der Waals surface area contributed by atoms with Crippen molar-refractivity contribution in [1.29, 1.82) is 0 Å². The summed E-state index contributed by atoms with van der Waals surface area (Å²) in [5, 5.41) is 2.23. The summed E-state index contributed by atoms with van der Waals surface area (Å²) in [5.74, 6) is -0.345. The Balaban J connectivity index is 1.82. The van der Waals surface area contributed by atoms with Crippen LogP contribution in [0.3, 0.4) is 0 Å². The van der Waals surface area contributed by atoms with Gasteiger partial charge in [-0.05, 0) is 55.0 Å². The van der Waals surface area contributed by atoms with Crippen LogP contribution in [-0.2, 0) is 17.6 Å².